The second kappa shape index (κ2) is 14.7. The van der Waals surface area contributed by atoms with E-state index in [4.69, 9.17) is 4.74 Å². The molecule has 2 aromatic rings. The molecule has 0 aliphatic rings. The zero-order chi connectivity index (χ0) is 24.8. The number of ether oxygens (including phenoxy) is 1. The molecular weight excluding hydrogens is 432 g/mol. The van der Waals surface area contributed by atoms with Crippen LogP contribution in [0, 0.1) is 0 Å². The van der Waals surface area contributed by atoms with Crippen LogP contribution in [0.25, 0.3) is 17.3 Å². The summed E-state index contributed by atoms with van der Waals surface area (Å²) in [6.07, 6.45) is 9.04. The van der Waals surface area contributed by atoms with Crippen molar-refractivity contribution in [3.05, 3.63) is 53.9 Å². The first-order valence-electron chi connectivity index (χ1n) is 11.8. The topological polar surface area (TPSA) is 92.8 Å². The van der Waals surface area contributed by atoms with E-state index in [1.165, 1.54) is 26.4 Å². The SMILES string of the molecule is CCCCCCCNC(=O)N(C)c1cccc(-c2ccc(/C=C(/OCC)C(=O)NOC)cn2)c1. The molecule has 0 unspecified atom stereocenters. The molecule has 0 aliphatic heterocycles. The number of carbonyl (C=O) groups is 2. The normalized spacial score (nSPS) is 11.1. The van der Waals surface area contributed by atoms with Gasteiger partial charge in [-0.2, -0.15) is 0 Å². The molecule has 2 N–H and O–H groups in total. The minimum absolute atomic E-state index is 0.126. The second-order valence-electron chi connectivity index (χ2n) is 7.81. The number of hydrogen-bond donors (Lipinski definition) is 2. The van der Waals surface area contributed by atoms with Crippen LogP contribution in [0.1, 0.15) is 51.5 Å². The number of anilines is 1. The molecule has 3 amide bonds. The molecule has 0 atom stereocenters. The van der Waals surface area contributed by atoms with Crippen LogP contribution in [0.3, 0.4) is 0 Å². The maximum Gasteiger partial charge on any atom is 0.321 e. The van der Waals surface area contributed by atoms with Gasteiger partial charge in [-0.15, -0.1) is 0 Å². The summed E-state index contributed by atoms with van der Waals surface area (Å²) in [7, 11) is 3.12. The fourth-order valence-corrected chi connectivity index (χ4v) is 3.32. The number of amides is 3. The molecular formula is C26H36N4O4. The summed E-state index contributed by atoms with van der Waals surface area (Å²) in [5.74, 6) is -0.331. The zero-order valence-electron chi connectivity index (χ0n) is 20.6. The van der Waals surface area contributed by atoms with Gasteiger partial charge in [-0.1, -0.05) is 50.8 Å². The van der Waals surface area contributed by atoms with Gasteiger partial charge >= 0.3 is 11.9 Å². The van der Waals surface area contributed by atoms with E-state index in [2.05, 4.69) is 27.5 Å². The second-order valence-corrected chi connectivity index (χ2v) is 7.81. The molecule has 0 saturated heterocycles. The molecule has 34 heavy (non-hydrogen) atoms. The van der Waals surface area contributed by atoms with E-state index in [9.17, 15) is 9.59 Å². The Hall–Kier alpha value is -3.39. The third-order valence-electron chi connectivity index (χ3n) is 5.19. The van der Waals surface area contributed by atoms with Crippen LogP contribution >= 0.6 is 0 Å². The zero-order valence-corrected chi connectivity index (χ0v) is 20.6. The Morgan fingerprint density at radius 1 is 1.09 bits per heavy atom. The van der Waals surface area contributed by atoms with E-state index in [1.807, 2.05) is 36.4 Å². The first-order valence-corrected chi connectivity index (χ1v) is 11.8. The Bertz CT molecular complexity index is 944. The summed E-state index contributed by atoms with van der Waals surface area (Å²) in [5, 5.41) is 2.98. The van der Waals surface area contributed by atoms with Crippen molar-refractivity contribution >= 4 is 23.7 Å². The van der Waals surface area contributed by atoms with Gasteiger partial charge in [0.1, 0.15) is 0 Å². The van der Waals surface area contributed by atoms with Crippen molar-refractivity contribution in [2.45, 2.75) is 46.0 Å². The van der Waals surface area contributed by atoms with Crippen LogP contribution in [-0.4, -0.2) is 44.2 Å². The largest absolute Gasteiger partial charge is 0.488 e. The number of hydrogen-bond acceptors (Lipinski definition) is 5. The third-order valence-corrected chi connectivity index (χ3v) is 5.19. The Morgan fingerprint density at radius 2 is 1.88 bits per heavy atom. The van der Waals surface area contributed by atoms with E-state index >= 15 is 0 Å². The van der Waals surface area contributed by atoms with Crippen molar-refractivity contribution in [1.82, 2.24) is 15.8 Å². The standard InChI is InChI=1S/C26H36N4O4/c1-5-7-8-9-10-16-27-26(32)30(3)22-13-11-12-21(18-22)23-15-14-20(19-28-23)17-24(34-6-2)25(31)29-33-4/h11-15,17-19H,5-10,16H2,1-4H3,(H,27,32)(H,29,31)/b24-17+. The lowest BCUT2D eigenvalue weighted by Gasteiger charge is -2.19. The number of pyridine rings is 1. The number of aromatic nitrogens is 1. The molecule has 8 heteroatoms. The summed E-state index contributed by atoms with van der Waals surface area (Å²) >= 11 is 0. The fourth-order valence-electron chi connectivity index (χ4n) is 3.32. The van der Waals surface area contributed by atoms with Crippen molar-refractivity contribution in [3.8, 4) is 11.3 Å². The maximum absolute atomic E-state index is 12.5. The highest BCUT2D eigenvalue weighted by molar-refractivity contribution is 5.95. The molecule has 1 aromatic carbocycles. The smallest absolute Gasteiger partial charge is 0.321 e. The highest BCUT2D eigenvalue weighted by atomic mass is 16.6. The van der Waals surface area contributed by atoms with Gasteiger partial charge in [-0.3, -0.25) is 19.5 Å². The van der Waals surface area contributed by atoms with Gasteiger partial charge in [0.15, 0.2) is 5.76 Å². The summed E-state index contributed by atoms with van der Waals surface area (Å²) < 4.78 is 5.39. The van der Waals surface area contributed by atoms with Crippen molar-refractivity contribution in [3.63, 3.8) is 0 Å². The average Bonchev–Trinajstić information content (AvgIpc) is 2.86. The van der Waals surface area contributed by atoms with E-state index in [0.717, 1.165) is 29.8 Å². The minimum atomic E-state index is -0.469. The number of urea groups is 1. The summed E-state index contributed by atoms with van der Waals surface area (Å²) in [4.78, 5) is 35.3. The van der Waals surface area contributed by atoms with Crippen LogP contribution < -0.4 is 15.7 Å². The third kappa shape index (κ3) is 8.51. The number of carbonyl (C=O) groups excluding carboxylic acids is 2. The van der Waals surface area contributed by atoms with Gasteiger partial charge in [-0.05, 0) is 43.2 Å². The van der Waals surface area contributed by atoms with Crippen molar-refractivity contribution in [2.24, 2.45) is 0 Å². The molecule has 1 aromatic heterocycles. The molecule has 0 saturated carbocycles. The van der Waals surface area contributed by atoms with Gasteiger partial charge in [0.05, 0.1) is 19.4 Å². The quantitative estimate of drug-likeness (QED) is 0.188. The number of nitrogens with one attached hydrogen (secondary N) is 2. The van der Waals surface area contributed by atoms with E-state index in [1.54, 1.807) is 31.1 Å². The number of hydroxylamine groups is 1. The minimum Gasteiger partial charge on any atom is -0.488 e. The van der Waals surface area contributed by atoms with E-state index < -0.39 is 5.91 Å². The lowest BCUT2D eigenvalue weighted by Crippen LogP contribution is -2.37. The first kappa shape index (κ1) is 26.9. The highest BCUT2D eigenvalue weighted by Crippen LogP contribution is 2.23. The summed E-state index contributed by atoms with van der Waals surface area (Å²) in [5.41, 5.74) is 5.38. The Kier molecular flexibility index (Phi) is 11.6. The molecule has 0 fully saturated rings. The molecule has 0 spiro atoms. The Morgan fingerprint density at radius 3 is 2.56 bits per heavy atom. The van der Waals surface area contributed by atoms with Crippen molar-refractivity contribution in [2.75, 3.05) is 32.2 Å². The van der Waals surface area contributed by atoms with E-state index in [-0.39, 0.29) is 11.8 Å². The number of rotatable bonds is 13. The summed E-state index contributed by atoms with van der Waals surface area (Å²) in [6, 6.07) is 11.2. The van der Waals surface area contributed by atoms with E-state index in [0.29, 0.717) is 18.7 Å². The van der Waals surface area contributed by atoms with Gasteiger partial charge < -0.3 is 10.1 Å². The molecule has 184 valence electrons. The molecule has 0 radical (unpaired) electrons. The molecule has 2 rings (SSSR count). The fraction of sp³-hybridized carbons (Fsp3) is 0.423. The number of nitrogens with zero attached hydrogens (tertiary/aromatic N) is 2. The Labute approximate surface area is 202 Å². The first-order chi connectivity index (χ1) is 16.5. The predicted molar refractivity (Wildman–Crippen MR) is 135 cm³/mol. The van der Waals surface area contributed by atoms with Gasteiger partial charge in [0.25, 0.3) is 0 Å². The molecule has 0 aliphatic carbocycles. The van der Waals surface area contributed by atoms with Gasteiger partial charge in [0.2, 0.25) is 0 Å². The van der Waals surface area contributed by atoms with Crippen LogP contribution in [0.2, 0.25) is 0 Å². The highest BCUT2D eigenvalue weighted by Gasteiger charge is 2.12. The van der Waals surface area contributed by atoms with Gasteiger partial charge in [0, 0.05) is 31.0 Å². The number of unbranched alkanes of at least 4 members (excludes halogenated alkanes) is 4. The predicted octanol–water partition coefficient (Wildman–Crippen LogP) is 4.92. The average molecular weight is 469 g/mol. The van der Waals surface area contributed by atoms with Crippen LogP contribution in [0.5, 0.6) is 0 Å². The van der Waals surface area contributed by atoms with Crippen LogP contribution in [-0.2, 0) is 14.4 Å². The molecule has 0 bridgehead atoms. The van der Waals surface area contributed by atoms with Crippen LogP contribution in [0.15, 0.2) is 48.4 Å². The lowest BCUT2D eigenvalue weighted by atomic mass is 10.1. The molecule has 1 heterocycles. The maximum atomic E-state index is 12.5. The Balaban J connectivity index is 2.05. The molecule has 8 nitrogen and oxygen atoms in total. The monoisotopic (exact) mass is 468 g/mol. The van der Waals surface area contributed by atoms with Crippen molar-refractivity contribution < 1.29 is 19.2 Å². The van der Waals surface area contributed by atoms with Crippen molar-refractivity contribution in [1.29, 1.82) is 0 Å². The van der Waals surface area contributed by atoms with Crippen LogP contribution in [0.4, 0.5) is 10.5 Å². The lowest BCUT2D eigenvalue weighted by molar-refractivity contribution is -0.130. The summed E-state index contributed by atoms with van der Waals surface area (Å²) in [6.45, 7) is 5.01. The van der Waals surface area contributed by atoms with Gasteiger partial charge in [-0.25, -0.2) is 10.3 Å². The number of benzene rings is 1.